The molecular weight excluding hydrogens is 392 g/mol. The van der Waals surface area contributed by atoms with Gasteiger partial charge in [-0.05, 0) is 66.8 Å². The van der Waals surface area contributed by atoms with Crippen molar-refractivity contribution in [3.63, 3.8) is 0 Å². The maximum Gasteiger partial charge on any atom is 0.204 e. The molecule has 1 aliphatic heterocycles. The minimum absolute atomic E-state index is 0.320. The number of piperidine rings is 1. The summed E-state index contributed by atoms with van der Waals surface area (Å²) in [6.45, 7) is 1.35. The summed E-state index contributed by atoms with van der Waals surface area (Å²) >= 11 is 3.64. The SMILES string of the molecule is N#Cc1cc2c(Br)c(NC3CCC(N4CC5CCC4C5)CC3)ncc2o1. The molecule has 26 heavy (non-hydrogen) atoms. The molecule has 136 valence electrons. The fourth-order valence-corrected chi connectivity index (χ4v) is 5.82. The van der Waals surface area contributed by atoms with Crippen molar-refractivity contribution in [2.24, 2.45) is 5.92 Å². The van der Waals surface area contributed by atoms with Gasteiger partial charge in [0.2, 0.25) is 5.76 Å². The van der Waals surface area contributed by atoms with Gasteiger partial charge in [0, 0.05) is 36.1 Å². The Morgan fingerprint density at radius 2 is 2.00 bits per heavy atom. The number of hydrogen-bond donors (Lipinski definition) is 1. The van der Waals surface area contributed by atoms with Crippen LogP contribution >= 0.6 is 15.9 Å². The second-order valence-electron chi connectivity index (χ2n) is 8.10. The van der Waals surface area contributed by atoms with Gasteiger partial charge in [-0.3, -0.25) is 4.90 Å². The molecule has 0 aromatic carbocycles. The molecular formula is C20H23BrN4O. The highest BCUT2D eigenvalue weighted by atomic mass is 79.9. The van der Waals surface area contributed by atoms with Crippen LogP contribution in [0, 0.1) is 17.2 Å². The van der Waals surface area contributed by atoms with E-state index in [9.17, 15) is 0 Å². The summed E-state index contributed by atoms with van der Waals surface area (Å²) in [6, 6.07) is 5.95. The summed E-state index contributed by atoms with van der Waals surface area (Å²) in [7, 11) is 0. The van der Waals surface area contributed by atoms with Gasteiger partial charge in [-0.15, -0.1) is 0 Å². The second kappa shape index (κ2) is 6.54. The quantitative estimate of drug-likeness (QED) is 0.790. The standard InChI is InChI=1S/C20H23BrN4O/c21-19-17-8-16(9-22)26-18(17)10-23-20(19)24-13-2-5-14(6-3-13)25-11-12-1-4-15(25)7-12/h8,10,12-15H,1-7,11H2,(H,23,24). The molecule has 2 saturated carbocycles. The summed E-state index contributed by atoms with van der Waals surface area (Å²) < 4.78 is 6.34. The number of halogens is 1. The number of rotatable bonds is 3. The first-order chi connectivity index (χ1) is 12.7. The Kier molecular flexibility index (Phi) is 4.17. The first-order valence-electron chi connectivity index (χ1n) is 9.71. The molecule has 0 spiro atoms. The largest absolute Gasteiger partial charge is 0.444 e. The predicted molar refractivity (Wildman–Crippen MR) is 104 cm³/mol. The monoisotopic (exact) mass is 414 g/mol. The van der Waals surface area contributed by atoms with Crippen molar-refractivity contribution in [2.45, 2.75) is 63.1 Å². The van der Waals surface area contributed by atoms with Crippen molar-refractivity contribution in [1.82, 2.24) is 9.88 Å². The van der Waals surface area contributed by atoms with Crippen LogP contribution in [0.3, 0.4) is 0 Å². The van der Waals surface area contributed by atoms with Crippen LogP contribution in [0.1, 0.15) is 50.7 Å². The van der Waals surface area contributed by atoms with E-state index in [0.717, 1.165) is 33.7 Å². The van der Waals surface area contributed by atoms with Crippen LogP contribution in [0.2, 0.25) is 0 Å². The van der Waals surface area contributed by atoms with Gasteiger partial charge in [0.25, 0.3) is 0 Å². The smallest absolute Gasteiger partial charge is 0.204 e. The third-order valence-electron chi connectivity index (χ3n) is 6.58. The molecule has 1 saturated heterocycles. The van der Waals surface area contributed by atoms with Crippen LogP contribution in [-0.2, 0) is 0 Å². The summed E-state index contributed by atoms with van der Waals surface area (Å²) in [6.07, 6.45) is 11.0. The van der Waals surface area contributed by atoms with Gasteiger partial charge in [-0.1, -0.05) is 0 Å². The maximum absolute atomic E-state index is 9.01. The Morgan fingerprint density at radius 3 is 2.69 bits per heavy atom. The number of aromatic nitrogens is 1. The van der Waals surface area contributed by atoms with Gasteiger partial charge in [-0.2, -0.15) is 5.26 Å². The molecule has 3 fully saturated rings. The van der Waals surface area contributed by atoms with Crippen LogP contribution in [-0.4, -0.2) is 34.6 Å². The average Bonchev–Trinajstić information content (AvgIpc) is 3.39. The van der Waals surface area contributed by atoms with E-state index < -0.39 is 0 Å². The number of anilines is 1. The predicted octanol–water partition coefficient (Wildman–Crippen LogP) is 4.67. The van der Waals surface area contributed by atoms with E-state index in [1.54, 1.807) is 12.3 Å². The minimum atomic E-state index is 0.320. The van der Waals surface area contributed by atoms with E-state index in [-0.39, 0.29) is 0 Å². The normalized spacial score (nSPS) is 31.4. The first-order valence-corrected chi connectivity index (χ1v) is 10.5. The van der Waals surface area contributed by atoms with Crippen LogP contribution in [0.25, 0.3) is 11.0 Å². The topological polar surface area (TPSA) is 65.1 Å². The molecule has 0 amide bonds. The van der Waals surface area contributed by atoms with Gasteiger partial charge in [0.1, 0.15) is 11.9 Å². The van der Waals surface area contributed by atoms with Gasteiger partial charge >= 0.3 is 0 Å². The molecule has 2 aliphatic carbocycles. The molecule has 0 radical (unpaired) electrons. The Morgan fingerprint density at radius 1 is 1.19 bits per heavy atom. The molecule has 2 aromatic rings. The minimum Gasteiger partial charge on any atom is -0.444 e. The molecule has 2 atom stereocenters. The maximum atomic E-state index is 9.01. The lowest BCUT2D eigenvalue weighted by molar-refractivity contribution is 0.115. The number of fused-ring (bicyclic) bond motifs is 3. The van der Waals surface area contributed by atoms with E-state index in [1.807, 2.05) is 6.07 Å². The first kappa shape index (κ1) is 16.6. The molecule has 6 heteroatoms. The molecule has 2 bridgehead atoms. The number of nitriles is 1. The van der Waals surface area contributed by atoms with Crippen molar-refractivity contribution in [3.05, 3.63) is 22.5 Å². The highest BCUT2D eigenvalue weighted by Crippen LogP contribution is 2.41. The molecule has 3 aliphatic rings. The number of furan rings is 1. The lowest BCUT2D eigenvalue weighted by Gasteiger charge is -2.39. The number of nitrogens with zero attached hydrogens (tertiary/aromatic N) is 3. The Hall–Kier alpha value is -1.58. The highest BCUT2D eigenvalue weighted by molar-refractivity contribution is 9.10. The van der Waals surface area contributed by atoms with Crippen LogP contribution in [0.5, 0.6) is 0 Å². The average molecular weight is 415 g/mol. The zero-order valence-corrected chi connectivity index (χ0v) is 16.3. The molecule has 3 heterocycles. The second-order valence-corrected chi connectivity index (χ2v) is 8.89. The van der Waals surface area contributed by atoms with Gasteiger partial charge < -0.3 is 9.73 Å². The van der Waals surface area contributed by atoms with Crippen LogP contribution in [0.15, 0.2) is 21.2 Å². The van der Waals surface area contributed by atoms with Crippen LogP contribution < -0.4 is 5.32 Å². The van der Waals surface area contributed by atoms with E-state index in [2.05, 4.69) is 31.1 Å². The third kappa shape index (κ3) is 2.82. The fourth-order valence-electron chi connectivity index (χ4n) is 5.29. The summed E-state index contributed by atoms with van der Waals surface area (Å²) in [5.41, 5.74) is 0.645. The Labute approximate surface area is 161 Å². The van der Waals surface area contributed by atoms with E-state index in [1.165, 1.54) is 51.5 Å². The van der Waals surface area contributed by atoms with Crippen molar-refractivity contribution in [2.75, 3.05) is 11.9 Å². The molecule has 5 nitrogen and oxygen atoms in total. The van der Waals surface area contributed by atoms with E-state index >= 15 is 0 Å². The van der Waals surface area contributed by atoms with Crippen molar-refractivity contribution < 1.29 is 4.42 Å². The Bertz CT molecular complexity index is 865. The van der Waals surface area contributed by atoms with E-state index in [4.69, 9.17) is 9.68 Å². The number of hydrogen-bond acceptors (Lipinski definition) is 5. The van der Waals surface area contributed by atoms with Gasteiger partial charge in [0.15, 0.2) is 5.58 Å². The molecule has 2 unspecified atom stereocenters. The highest BCUT2D eigenvalue weighted by Gasteiger charge is 2.41. The van der Waals surface area contributed by atoms with Crippen molar-refractivity contribution in [1.29, 1.82) is 5.26 Å². The third-order valence-corrected chi connectivity index (χ3v) is 7.39. The molecule has 2 aromatic heterocycles. The van der Waals surface area contributed by atoms with Crippen molar-refractivity contribution >= 4 is 32.7 Å². The number of nitrogens with one attached hydrogen (secondary N) is 1. The summed E-state index contributed by atoms with van der Waals surface area (Å²) in [5.74, 6) is 2.16. The Balaban J connectivity index is 1.24. The molecule has 5 rings (SSSR count). The molecule has 1 N–H and O–H groups in total. The zero-order chi connectivity index (χ0) is 17.7. The van der Waals surface area contributed by atoms with Gasteiger partial charge in [-0.25, -0.2) is 4.98 Å². The summed E-state index contributed by atoms with van der Waals surface area (Å²) in [5, 5.41) is 13.5. The lowest BCUT2D eigenvalue weighted by Crippen LogP contribution is -2.44. The summed E-state index contributed by atoms with van der Waals surface area (Å²) in [4.78, 5) is 7.32. The van der Waals surface area contributed by atoms with Gasteiger partial charge in [0.05, 0.1) is 10.7 Å². The zero-order valence-electron chi connectivity index (χ0n) is 14.7. The number of likely N-dealkylation sites (tertiary alicyclic amines) is 1. The van der Waals surface area contributed by atoms with E-state index in [0.29, 0.717) is 17.4 Å². The number of pyridine rings is 1. The fraction of sp³-hybridized carbons (Fsp3) is 0.600. The van der Waals surface area contributed by atoms with Crippen molar-refractivity contribution in [3.8, 4) is 6.07 Å². The van der Waals surface area contributed by atoms with Crippen LogP contribution in [0.4, 0.5) is 5.82 Å². The lowest BCUT2D eigenvalue weighted by atomic mass is 9.89.